The fraction of sp³-hybridized carbons (Fsp3) is 0.471. The summed E-state index contributed by atoms with van der Waals surface area (Å²) in [5.41, 5.74) is 1.31. The molecule has 1 aromatic rings. The number of methoxy groups -OCH3 is 1. The first-order valence-corrected chi connectivity index (χ1v) is 7.82. The van der Waals surface area contributed by atoms with Crippen LogP contribution in [0.25, 0.3) is 0 Å². The van der Waals surface area contributed by atoms with E-state index in [4.69, 9.17) is 4.74 Å². The predicted molar refractivity (Wildman–Crippen MR) is 85.4 cm³/mol. The van der Waals surface area contributed by atoms with Crippen molar-refractivity contribution in [2.24, 2.45) is 5.92 Å². The predicted octanol–water partition coefficient (Wildman–Crippen LogP) is 0.296. The molecule has 1 aliphatic rings. The molecule has 1 saturated heterocycles. The molecule has 124 valence electrons. The van der Waals surface area contributed by atoms with Crippen LogP contribution in [0.5, 0.6) is 0 Å². The van der Waals surface area contributed by atoms with Crippen molar-refractivity contribution >= 4 is 23.3 Å². The summed E-state index contributed by atoms with van der Waals surface area (Å²) in [6.45, 7) is 3.46. The minimum Gasteiger partial charge on any atom is -0.469 e. The van der Waals surface area contributed by atoms with Crippen molar-refractivity contribution in [2.75, 3.05) is 32.1 Å². The number of esters is 1. The first-order valence-electron chi connectivity index (χ1n) is 7.82. The number of carbonyl (C=O) groups excluding carboxylic acids is 3. The molecule has 1 heterocycles. The highest BCUT2D eigenvalue weighted by molar-refractivity contribution is 5.95. The molecular weight excluding hydrogens is 296 g/mol. The van der Waals surface area contributed by atoms with Crippen LogP contribution in [-0.2, 0) is 14.3 Å². The van der Waals surface area contributed by atoms with E-state index in [2.05, 4.69) is 5.32 Å². The van der Waals surface area contributed by atoms with Gasteiger partial charge in [-0.15, -0.1) is 0 Å². The smallest absolute Gasteiger partial charge is 0.309 e. The molecule has 2 rings (SSSR count). The van der Waals surface area contributed by atoms with Gasteiger partial charge in [-0.2, -0.15) is 0 Å². The molecule has 6 heteroatoms. The fourth-order valence-electron chi connectivity index (χ4n) is 2.83. The maximum absolute atomic E-state index is 12.1. The standard InChI is InChI=1S/C17H22N2O4/c1-12(20)13-3-5-15(6-4-13)18-16(21)11-19-9-7-14(8-10-19)17(22)23-2/h3-6,14H,7-11H2,1-2H3,(H,18,21)/p+1. The fourth-order valence-corrected chi connectivity index (χ4v) is 2.83. The molecular formula is C17H23N2O4+. The van der Waals surface area contributed by atoms with Crippen molar-refractivity contribution in [3.63, 3.8) is 0 Å². The number of rotatable bonds is 5. The second-order valence-electron chi connectivity index (χ2n) is 5.91. The molecule has 0 spiro atoms. The number of quaternary nitrogens is 1. The van der Waals surface area contributed by atoms with E-state index in [1.54, 1.807) is 24.3 Å². The van der Waals surface area contributed by atoms with Gasteiger partial charge in [0.25, 0.3) is 5.91 Å². The van der Waals surface area contributed by atoms with E-state index in [9.17, 15) is 14.4 Å². The van der Waals surface area contributed by atoms with Crippen LogP contribution in [0, 0.1) is 5.92 Å². The minimum absolute atomic E-state index is 0.000739. The molecule has 1 aliphatic heterocycles. The van der Waals surface area contributed by atoms with Gasteiger partial charge < -0.3 is 15.0 Å². The number of nitrogens with one attached hydrogen (secondary N) is 2. The summed E-state index contributed by atoms with van der Waals surface area (Å²) < 4.78 is 4.76. The third kappa shape index (κ3) is 4.89. The Kier molecular flexibility index (Phi) is 5.87. The van der Waals surface area contributed by atoms with Gasteiger partial charge in [0.15, 0.2) is 12.3 Å². The van der Waals surface area contributed by atoms with Gasteiger partial charge in [-0.3, -0.25) is 14.4 Å². The number of ether oxygens (including phenoxy) is 1. The third-order valence-corrected chi connectivity index (χ3v) is 4.21. The van der Waals surface area contributed by atoms with Gasteiger partial charge in [-0.05, 0) is 31.2 Å². The maximum Gasteiger partial charge on any atom is 0.309 e. The summed E-state index contributed by atoms with van der Waals surface area (Å²) in [5.74, 6) is -0.252. The topological polar surface area (TPSA) is 76.9 Å². The zero-order valence-electron chi connectivity index (χ0n) is 13.6. The van der Waals surface area contributed by atoms with Crippen molar-refractivity contribution < 1.29 is 24.0 Å². The monoisotopic (exact) mass is 319 g/mol. The van der Waals surface area contributed by atoms with Gasteiger partial charge in [0.2, 0.25) is 0 Å². The lowest BCUT2D eigenvalue weighted by Gasteiger charge is -2.27. The molecule has 1 amide bonds. The Balaban J connectivity index is 1.79. The first-order chi connectivity index (χ1) is 11.0. The van der Waals surface area contributed by atoms with Crippen LogP contribution in [-0.4, -0.2) is 44.4 Å². The van der Waals surface area contributed by atoms with Crippen molar-refractivity contribution in [3.8, 4) is 0 Å². The van der Waals surface area contributed by atoms with Gasteiger partial charge in [0, 0.05) is 24.1 Å². The average Bonchev–Trinajstić information content (AvgIpc) is 2.55. The number of anilines is 1. The zero-order valence-corrected chi connectivity index (χ0v) is 13.6. The van der Waals surface area contributed by atoms with E-state index >= 15 is 0 Å². The summed E-state index contributed by atoms with van der Waals surface area (Å²) in [4.78, 5) is 35.9. The van der Waals surface area contributed by atoms with Gasteiger partial charge in [0.05, 0.1) is 26.1 Å². The Hall–Kier alpha value is -2.21. The second-order valence-corrected chi connectivity index (χ2v) is 5.91. The largest absolute Gasteiger partial charge is 0.469 e. The molecule has 0 bridgehead atoms. The van der Waals surface area contributed by atoms with Gasteiger partial charge in [-0.25, -0.2) is 0 Å². The van der Waals surface area contributed by atoms with E-state index in [0.717, 1.165) is 25.9 Å². The number of piperidine rings is 1. The Morgan fingerprint density at radius 1 is 1.17 bits per heavy atom. The quantitative estimate of drug-likeness (QED) is 0.604. The van der Waals surface area contributed by atoms with Crippen LogP contribution in [0.4, 0.5) is 5.69 Å². The second kappa shape index (κ2) is 7.87. The van der Waals surface area contributed by atoms with Crippen molar-refractivity contribution in [2.45, 2.75) is 19.8 Å². The number of likely N-dealkylation sites (tertiary alicyclic amines) is 1. The van der Waals surface area contributed by atoms with Crippen LogP contribution in [0.1, 0.15) is 30.1 Å². The lowest BCUT2D eigenvalue weighted by Crippen LogP contribution is -3.14. The van der Waals surface area contributed by atoms with Gasteiger partial charge >= 0.3 is 5.97 Å². The SMILES string of the molecule is COC(=O)C1CC[NH+](CC(=O)Nc2ccc(C(C)=O)cc2)CC1. The molecule has 23 heavy (non-hydrogen) atoms. The Bertz CT molecular complexity index is 575. The molecule has 0 saturated carbocycles. The Morgan fingerprint density at radius 2 is 1.78 bits per heavy atom. The van der Waals surface area contributed by atoms with Crippen LogP contribution < -0.4 is 10.2 Å². The minimum atomic E-state index is -0.154. The van der Waals surface area contributed by atoms with E-state index in [1.165, 1.54) is 18.9 Å². The van der Waals surface area contributed by atoms with Crippen LogP contribution in [0.3, 0.4) is 0 Å². The summed E-state index contributed by atoms with van der Waals surface area (Å²) in [6, 6.07) is 6.86. The van der Waals surface area contributed by atoms with Crippen LogP contribution in [0.2, 0.25) is 0 Å². The zero-order chi connectivity index (χ0) is 16.8. The number of hydrogen-bond acceptors (Lipinski definition) is 4. The number of hydrogen-bond donors (Lipinski definition) is 2. The number of benzene rings is 1. The lowest BCUT2D eigenvalue weighted by atomic mass is 9.97. The number of amides is 1. The lowest BCUT2D eigenvalue weighted by molar-refractivity contribution is -0.897. The van der Waals surface area contributed by atoms with Crippen molar-refractivity contribution in [3.05, 3.63) is 29.8 Å². The molecule has 1 aromatic carbocycles. The van der Waals surface area contributed by atoms with E-state index in [-0.39, 0.29) is 23.6 Å². The molecule has 0 aliphatic carbocycles. The van der Waals surface area contributed by atoms with Crippen LogP contribution in [0.15, 0.2) is 24.3 Å². The average molecular weight is 319 g/mol. The molecule has 6 nitrogen and oxygen atoms in total. The maximum atomic E-state index is 12.1. The highest BCUT2D eigenvalue weighted by atomic mass is 16.5. The van der Waals surface area contributed by atoms with Crippen molar-refractivity contribution in [1.29, 1.82) is 0 Å². The molecule has 1 fully saturated rings. The van der Waals surface area contributed by atoms with E-state index < -0.39 is 0 Å². The Morgan fingerprint density at radius 3 is 2.30 bits per heavy atom. The number of ketones is 1. The molecule has 0 unspecified atom stereocenters. The summed E-state index contributed by atoms with van der Waals surface area (Å²) in [6.07, 6.45) is 1.51. The molecule has 0 aromatic heterocycles. The molecule has 0 atom stereocenters. The third-order valence-electron chi connectivity index (χ3n) is 4.21. The highest BCUT2D eigenvalue weighted by Gasteiger charge is 2.28. The van der Waals surface area contributed by atoms with E-state index in [1.807, 2.05) is 0 Å². The Labute approximate surface area is 135 Å². The summed E-state index contributed by atoms with van der Waals surface area (Å²) >= 11 is 0. The van der Waals surface area contributed by atoms with Crippen LogP contribution >= 0.6 is 0 Å². The first kappa shape index (κ1) is 17.1. The van der Waals surface area contributed by atoms with Gasteiger partial charge in [-0.1, -0.05) is 0 Å². The molecule has 2 N–H and O–H groups in total. The normalized spacial score (nSPS) is 20.6. The number of carbonyl (C=O) groups is 3. The van der Waals surface area contributed by atoms with Gasteiger partial charge in [0.1, 0.15) is 0 Å². The highest BCUT2D eigenvalue weighted by Crippen LogP contribution is 2.11. The summed E-state index contributed by atoms with van der Waals surface area (Å²) in [7, 11) is 1.41. The molecule has 0 radical (unpaired) electrons. The number of Topliss-reactive ketones (excluding diaryl/α,β-unsaturated/α-hetero) is 1. The summed E-state index contributed by atoms with van der Waals surface area (Å²) in [5, 5.41) is 2.84. The van der Waals surface area contributed by atoms with E-state index in [0.29, 0.717) is 17.8 Å². The van der Waals surface area contributed by atoms with Crippen molar-refractivity contribution in [1.82, 2.24) is 0 Å².